The minimum Gasteiger partial charge on any atom is -0.508 e. The molecule has 0 bridgehead atoms. The van der Waals surface area contributed by atoms with Gasteiger partial charge >= 0.3 is 0 Å². The molecule has 0 aliphatic carbocycles. The molecule has 0 aromatic heterocycles. The molecule has 1 aliphatic heterocycles. The monoisotopic (exact) mass is 384 g/mol. The predicted octanol–water partition coefficient (Wildman–Crippen LogP) is 4.77. The van der Waals surface area contributed by atoms with E-state index in [-0.39, 0.29) is 17.3 Å². The lowest BCUT2D eigenvalue weighted by atomic mass is 10.1. The van der Waals surface area contributed by atoms with Crippen LogP contribution < -0.4 is 4.90 Å². The molecule has 3 aromatic rings. The zero-order chi connectivity index (χ0) is 20.4. The average molecular weight is 384 g/mol. The molecule has 0 fully saturated rings. The van der Waals surface area contributed by atoms with E-state index in [0.717, 1.165) is 5.56 Å². The summed E-state index contributed by atoms with van der Waals surface area (Å²) in [6.07, 6.45) is 3.47. The molecular formula is C23H16N2O4. The number of phenolic OH excluding ortho intramolecular Hbond substituents is 1. The van der Waals surface area contributed by atoms with Gasteiger partial charge in [0, 0.05) is 23.8 Å². The third kappa shape index (κ3) is 3.64. The molecule has 0 spiro atoms. The topological polar surface area (TPSA) is 83.7 Å². The summed E-state index contributed by atoms with van der Waals surface area (Å²) in [4.78, 5) is 25.1. The number of amides is 1. The molecule has 0 radical (unpaired) electrons. The van der Waals surface area contributed by atoms with Crippen LogP contribution in [0.1, 0.15) is 11.1 Å². The number of benzene rings is 3. The highest BCUT2D eigenvalue weighted by Crippen LogP contribution is 2.36. The molecule has 0 saturated heterocycles. The minimum atomic E-state index is -0.464. The van der Waals surface area contributed by atoms with Crippen LogP contribution in [0.25, 0.3) is 11.8 Å². The van der Waals surface area contributed by atoms with E-state index >= 15 is 0 Å². The van der Waals surface area contributed by atoms with Crippen molar-refractivity contribution in [2.24, 2.45) is 0 Å². The van der Waals surface area contributed by atoms with E-state index < -0.39 is 4.92 Å². The Kier molecular flexibility index (Phi) is 4.66. The SMILES string of the molecule is O=C1/C(=C/c2ccc([N+](=O)[O-])cc2)C=C(c2ccccc2)N1c1cccc(O)c1. The van der Waals surface area contributed by atoms with Crippen LogP contribution in [0.4, 0.5) is 11.4 Å². The molecule has 6 heteroatoms. The Balaban J connectivity index is 1.78. The maximum absolute atomic E-state index is 13.2. The number of nitro groups is 1. The molecule has 29 heavy (non-hydrogen) atoms. The van der Waals surface area contributed by atoms with Gasteiger partial charge in [-0.2, -0.15) is 0 Å². The second-order valence-corrected chi connectivity index (χ2v) is 6.50. The molecule has 142 valence electrons. The van der Waals surface area contributed by atoms with Crippen LogP contribution in [0.3, 0.4) is 0 Å². The summed E-state index contributed by atoms with van der Waals surface area (Å²) >= 11 is 0. The van der Waals surface area contributed by atoms with E-state index in [0.29, 0.717) is 22.5 Å². The number of nitro benzene ring substituents is 1. The van der Waals surface area contributed by atoms with E-state index in [2.05, 4.69) is 0 Å². The van der Waals surface area contributed by atoms with Gasteiger partial charge in [0.1, 0.15) is 5.75 Å². The fraction of sp³-hybridized carbons (Fsp3) is 0. The van der Waals surface area contributed by atoms with E-state index in [9.17, 15) is 20.0 Å². The van der Waals surface area contributed by atoms with Gasteiger partial charge in [-0.1, -0.05) is 36.4 Å². The van der Waals surface area contributed by atoms with Crippen molar-refractivity contribution in [1.29, 1.82) is 0 Å². The summed E-state index contributed by atoms with van der Waals surface area (Å²) in [5.41, 5.74) is 3.22. The summed E-state index contributed by atoms with van der Waals surface area (Å²) in [5, 5.41) is 20.7. The van der Waals surface area contributed by atoms with Gasteiger partial charge in [0.25, 0.3) is 11.6 Å². The first-order valence-electron chi connectivity index (χ1n) is 8.90. The van der Waals surface area contributed by atoms with Crippen molar-refractivity contribution in [3.05, 3.63) is 112 Å². The van der Waals surface area contributed by atoms with Gasteiger partial charge in [-0.3, -0.25) is 19.8 Å². The summed E-state index contributed by atoms with van der Waals surface area (Å²) in [5.74, 6) is -0.177. The number of carbonyl (C=O) groups is 1. The summed E-state index contributed by atoms with van der Waals surface area (Å²) in [6.45, 7) is 0. The van der Waals surface area contributed by atoms with Gasteiger partial charge in [-0.05, 0) is 47.5 Å². The number of carbonyl (C=O) groups excluding carboxylic acids is 1. The molecule has 0 atom stereocenters. The molecule has 0 saturated carbocycles. The zero-order valence-electron chi connectivity index (χ0n) is 15.2. The molecule has 6 nitrogen and oxygen atoms in total. The zero-order valence-corrected chi connectivity index (χ0v) is 15.2. The fourth-order valence-corrected chi connectivity index (χ4v) is 3.20. The first-order chi connectivity index (χ1) is 14.0. The molecule has 3 aromatic carbocycles. The second-order valence-electron chi connectivity index (χ2n) is 6.50. The van der Waals surface area contributed by atoms with Crippen molar-refractivity contribution in [3.63, 3.8) is 0 Å². The van der Waals surface area contributed by atoms with Crippen LogP contribution in [-0.4, -0.2) is 15.9 Å². The van der Waals surface area contributed by atoms with Crippen LogP contribution in [-0.2, 0) is 4.79 Å². The Hall–Kier alpha value is -4.19. The summed E-state index contributed by atoms with van der Waals surface area (Å²) in [6, 6.07) is 22.0. The fourth-order valence-electron chi connectivity index (χ4n) is 3.20. The highest BCUT2D eigenvalue weighted by Gasteiger charge is 2.30. The number of anilines is 1. The molecule has 0 unspecified atom stereocenters. The van der Waals surface area contributed by atoms with Crippen molar-refractivity contribution in [2.45, 2.75) is 0 Å². The van der Waals surface area contributed by atoms with Gasteiger partial charge in [0.15, 0.2) is 0 Å². The summed E-state index contributed by atoms with van der Waals surface area (Å²) in [7, 11) is 0. The van der Waals surface area contributed by atoms with E-state index in [1.807, 2.05) is 30.3 Å². The standard InChI is InChI=1S/C23H16N2O4/c26-21-8-4-7-20(15-21)24-22(17-5-2-1-3-6-17)14-18(23(24)27)13-16-9-11-19(12-10-16)25(28)29/h1-15,26H/b18-13+. The number of rotatable bonds is 4. The highest BCUT2D eigenvalue weighted by molar-refractivity contribution is 6.23. The van der Waals surface area contributed by atoms with Gasteiger partial charge in [-0.25, -0.2) is 0 Å². The van der Waals surface area contributed by atoms with Crippen molar-refractivity contribution in [3.8, 4) is 5.75 Å². The van der Waals surface area contributed by atoms with Crippen molar-refractivity contribution >= 4 is 29.1 Å². The Labute approximate surface area is 166 Å². The van der Waals surface area contributed by atoms with E-state index in [1.165, 1.54) is 18.2 Å². The lowest BCUT2D eigenvalue weighted by Crippen LogP contribution is -2.24. The van der Waals surface area contributed by atoms with Crippen LogP contribution in [0, 0.1) is 10.1 Å². The minimum absolute atomic E-state index is 0.00759. The van der Waals surface area contributed by atoms with E-state index in [1.54, 1.807) is 47.4 Å². The number of non-ortho nitro benzene ring substituents is 1. The van der Waals surface area contributed by atoms with E-state index in [4.69, 9.17) is 0 Å². The molecule has 1 heterocycles. The van der Waals surface area contributed by atoms with Gasteiger partial charge < -0.3 is 5.11 Å². The predicted molar refractivity (Wildman–Crippen MR) is 111 cm³/mol. The highest BCUT2D eigenvalue weighted by atomic mass is 16.6. The van der Waals surface area contributed by atoms with Gasteiger partial charge in [-0.15, -0.1) is 0 Å². The number of nitrogens with zero attached hydrogens (tertiary/aromatic N) is 2. The molecule has 1 aliphatic rings. The van der Waals surface area contributed by atoms with Crippen molar-refractivity contribution in [2.75, 3.05) is 4.90 Å². The first-order valence-corrected chi connectivity index (χ1v) is 8.90. The van der Waals surface area contributed by atoms with Crippen LogP contribution in [0.2, 0.25) is 0 Å². The largest absolute Gasteiger partial charge is 0.508 e. The second kappa shape index (κ2) is 7.44. The van der Waals surface area contributed by atoms with Crippen LogP contribution >= 0.6 is 0 Å². The Morgan fingerprint density at radius 1 is 0.931 bits per heavy atom. The molecule has 4 rings (SSSR count). The molecule has 1 N–H and O–H groups in total. The smallest absolute Gasteiger partial charge is 0.269 e. The number of hydrogen-bond acceptors (Lipinski definition) is 4. The normalized spacial score (nSPS) is 14.9. The lowest BCUT2D eigenvalue weighted by molar-refractivity contribution is -0.384. The maximum Gasteiger partial charge on any atom is 0.269 e. The third-order valence-electron chi connectivity index (χ3n) is 4.57. The number of aromatic hydroxyl groups is 1. The Morgan fingerprint density at radius 2 is 1.66 bits per heavy atom. The quantitative estimate of drug-likeness (QED) is 0.399. The van der Waals surface area contributed by atoms with Crippen LogP contribution in [0.15, 0.2) is 90.5 Å². The molecular weight excluding hydrogens is 368 g/mol. The van der Waals surface area contributed by atoms with Gasteiger partial charge in [0.2, 0.25) is 0 Å². The Bertz CT molecular complexity index is 1150. The van der Waals surface area contributed by atoms with Crippen LogP contribution in [0.5, 0.6) is 5.75 Å². The van der Waals surface area contributed by atoms with Crippen molar-refractivity contribution < 1.29 is 14.8 Å². The third-order valence-corrected chi connectivity index (χ3v) is 4.57. The first kappa shape index (κ1) is 18.2. The Morgan fingerprint density at radius 3 is 2.31 bits per heavy atom. The average Bonchev–Trinajstić information content (AvgIpc) is 3.05. The number of hydrogen-bond donors (Lipinski definition) is 1. The lowest BCUT2D eigenvalue weighted by Gasteiger charge is -2.21. The summed E-state index contributed by atoms with van der Waals surface area (Å²) < 4.78 is 0. The molecule has 1 amide bonds. The van der Waals surface area contributed by atoms with Gasteiger partial charge in [0.05, 0.1) is 16.3 Å². The number of phenols is 1. The maximum atomic E-state index is 13.2. The van der Waals surface area contributed by atoms with Crippen molar-refractivity contribution in [1.82, 2.24) is 0 Å².